The average molecular weight is 372 g/mol. The van der Waals surface area contributed by atoms with Gasteiger partial charge in [0.15, 0.2) is 0 Å². The topological polar surface area (TPSA) is 38.1 Å². The van der Waals surface area contributed by atoms with E-state index in [9.17, 15) is 4.79 Å². The quantitative estimate of drug-likeness (QED) is 0.743. The van der Waals surface area contributed by atoms with Crippen LogP contribution in [0.25, 0.3) is 6.08 Å². The molecule has 4 nitrogen and oxygen atoms in total. The van der Waals surface area contributed by atoms with Gasteiger partial charge in [-0.2, -0.15) is 5.10 Å². The van der Waals surface area contributed by atoms with Crippen molar-refractivity contribution in [3.8, 4) is 0 Å². The van der Waals surface area contributed by atoms with Crippen LogP contribution in [0.4, 0.5) is 0 Å². The van der Waals surface area contributed by atoms with Gasteiger partial charge in [-0.15, -0.1) is 0 Å². The minimum atomic E-state index is 0.0540. The number of piperidine rings is 1. The molecule has 5 heteroatoms. The van der Waals surface area contributed by atoms with Gasteiger partial charge >= 0.3 is 0 Å². The van der Waals surface area contributed by atoms with Gasteiger partial charge in [-0.3, -0.25) is 4.79 Å². The standard InChI is InChI=1S/C21H26ClN3O/c1-15-6-8-18(9-7-15)14-25-21(22)19(17(3)23-25)10-11-20(26)24-12-4-5-16(2)13-24/h6-11,16H,4-5,12-14H2,1-3H3/b11-10+. The zero-order valence-electron chi connectivity index (χ0n) is 15.7. The number of nitrogens with zero attached hydrogens (tertiary/aromatic N) is 3. The number of rotatable bonds is 4. The van der Waals surface area contributed by atoms with E-state index in [-0.39, 0.29) is 5.91 Å². The Morgan fingerprint density at radius 3 is 2.73 bits per heavy atom. The van der Waals surface area contributed by atoms with Crippen LogP contribution < -0.4 is 0 Å². The number of amides is 1. The van der Waals surface area contributed by atoms with Gasteiger partial charge < -0.3 is 4.90 Å². The third kappa shape index (κ3) is 4.36. The monoisotopic (exact) mass is 371 g/mol. The van der Waals surface area contributed by atoms with Gasteiger partial charge in [0.1, 0.15) is 5.15 Å². The second-order valence-electron chi connectivity index (χ2n) is 7.30. The summed E-state index contributed by atoms with van der Waals surface area (Å²) in [5.41, 5.74) is 4.02. The average Bonchev–Trinajstić information content (AvgIpc) is 2.88. The highest BCUT2D eigenvalue weighted by molar-refractivity contribution is 6.31. The molecule has 0 spiro atoms. The lowest BCUT2D eigenvalue weighted by Crippen LogP contribution is -2.38. The first-order valence-corrected chi connectivity index (χ1v) is 9.57. The molecular formula is C21H26ClN3O. The first-order chi connectivity index (χ1) is 12.4. The lowest BCUT2D eigenvalue weighted by Gasteiger charge is -2.30. The fourth-order valence-electron chi connectivity index (χ4n) is 3.38. The molecule has 1 aromatic carbocycles. The molecule has 138 valence electrons. The Hall–Kier alpha value is -2.07. The van der Waals surface area contributed by atoms with Gasteiger partial charge in [0.05, 0.1) is 12.2 Å². The second kappa shape index (κ2) is 8.09. The van der Waals surface area contributed by atoms with Gasteiger partial charge in [-0.1, -0.05) is 48.4 Å². The number of carbonyl (C=O) groups excluding carboxylic acids is 1. The molecule has 3 rings (SSSR count). The summed E-state index contributed by atoms with van der Waals surface area (Å²) >= 11 is 6.53. The van der Waals surface area contributed by atoms with Crippen LogP contribution in [0.5, 0.6) is 0 Å². The zero-order valence-corrected chi connectivity index (χ0v) is 16.5. The fraction of sp³-hybridized carbons (Fsp3) is 0.429. The predicted molar refractivity (Wildman–Crippen MR) is 106 cm³/mol. The van der Waals surface area contributed by atoms with Crippen LogP contribution in [-0.4, -0.2) is 33.7 Å². The van der Waals surface area contributed by atoms with Crippen molar-refractivity contribution in [1.29, 1.82) is 0 Å². The van der Waals surface area contributed by atoms with Crippen molar-refractivity contribution in [3.63, 3.8) is 0 Å². The molecule has 0 N–H and O–H groups in total. The summed E-state index contributed by atoms with van der Waals surface area (Å²) < 4.78 is 1.79. The van der Waals surface area contributed by atoms with Crippen molar-refractivity contribution in [2.75, 3.05) is 13.1 Å². The molecule has 1 fully saturated rings. The van der Waals surface area contributed by atoms with E-state index in [0.717, 1.165) is 36.3 Å². The van der Waals surface area contributed by atoms with E-state index in [1.54, 1.807) is 16.8 Å². The summed E-state index contributed by atoms with van der Waals surface area (Å²) in [6, 6.07) is 8.33. The van der Waals surface area contributed by atoms with Gasteiger partial charge in [0.2, 0.25) is 5.91 Å². The third-order valence-electron chi connectivity index (χ3n) is 4.92. The summed E-state index contributed by atoms with van der Waals surface area (Å²) in [6.07, 6.45) is 5.71. The normalized spacial score (nSPS) is 17.8. The van der Waals surface area contributed by atoms with E-state index >= 15 is 0 Å². The maximum absolute atomic E-state index is 12.4. The Morgan fingerprint density at radius 2 is 2.04 bits per heavy atom. The van der Waals surface area contributed by atoms with E-state index < -0.39 is 0 Å². The highest BCUT2D eigenvalue weighted by Crippen LogP contribution is 2.23. The maximum atomic E-state index is 12.4. The number of likely N-dealkylation sites (tertiary alicyclic amines) is 1. The molecule has 1 aliphatic rings. The Bertz CT molecular complexity index is 807. The smallest absolute Gasteiger partial charge is 0.246 e. The number of aromatic nitrogens is 2. The molecule has 2 aromatic rings. The van der Waals surface area contributed by atoms with E-state index in [1.807, 2.05) is 11.8 Å². The van der Waals surface area contributed by atoms with Gasteiger partial charge in [0.25, 0.3) is 0 Å². The number of halogens is 1. The van der Waals surface area contributed by atoms with Crippen LogP contribution >= 0.6 is 11.6 Å². The minimum absolute atomic E-state index is 0.0540. The molecule has 1 aromatic heterocycles. The molecule has 1 saturated heterocycles. The number of aryl methyl sites for hydroxylation is 2. The molecule has 0 saturated carbocycles. The summed E-state index contributed by atoms with van der Waals surface area (Å²) in [4.78, 5) is 14.4. The molecule has 2 heterocycles. The first-order valence-electron chi connectivity index (χ1n) is 9.19. The Kier molecular flexibility index (Phi) is 5.82. The largest absolute Gasteiger partial charge is 0.339 e. The second-order valence-corrected chi connectivity index (χ2v) is 7.66. The molecular weight excluding hydrogens is 346 g/mol. The Balaban J connectivity index is 1.73. The highest BCUT2D eigenvalue weighted by Gasteiger charge is 2.19. The molecule has 1 unspecified atom stereocenters. The van der Waals surface area contributed by atoms with Crippen LogP contribution in [0, 0.1) is 19.8 Å². The zero-order chi connectivity index (χ0) is 18.7. The molecule has 26 heavy (non-hydrogen) atoms. The van der Waals surface area contributed by atoms with E-state index in [0.29, 0.717) is 17.6 Å². The van der Waals surface area contributed by atoms with Crippen LogP contribution in [0.15, 0.2) is 30.3 Å². The van der Waals surface area contributed by atoms with Crippen LogP contribution in [0.1, 0.15) is 42.1 Å². The molecule has 0 bridgehead atoms. The Morgan fingerprint density at radius 1 is 1.31 bits per heavy atom. The van der Waals surface area contributed by atoms with Crippen molar-refractivity contribution in [1.82, 2.24) is 14.7 Å². The van der Waals surface area contributed by atoms with Gasteiger partial charge in [-0.25, -0.2) is 4.68 Å². The lowest BCUT2D eigenvalue weighted by atomic mass is 10.0. The summed E-state index contributed by atoms with van der Waals surface area (Å²) in [5, 5.41) is 5.11. The first kappa shape index (κ1) is 18.7. The van der Waals surface area contributed by atoms with Crippen molar-refractivity contribution in [3.05, 3.63) is 57.9 Å². The van der Waals surface area contributed by atoms with E-state index in [1.165, 1.54) is 12.0 Å². The summed E-state index contributed by atoms with van der Waals surface area (Å²) in [7, 11) is 0. The van der Waals surface area contributed by atoms with E-state index in [4.69, 9.17) is 11.6 Å². The Labute approximate surface area is 160 Å². The molecule has 1 aliphatic heterocycles. The van der Waals surface area contributed by atoms with Crippen LogP contribution in [0.3, 0.4) is 0 Å². The lowest BCUT2D eigenvalue weighted by molar-refractivity contribution is -0.127. The van der Waals surface area contributed by atoms with Crippen molar-refractivity contribution in [2.45, 2.75) is 40.2 Å². The number of hydrogen-bond donors (Lipinski definition) is 0. The van der Waals surface area contributed by atoms with Crippen molar-refractivity contribution < 1.29 is 4.79 Å². The number of carbonyl (C=O) groups is 1. The highest BCUT2D eigenvalue weighted by atomic mass is 35.5. The fourth-order valence-corrected chi connectivity index (χ4v) is 3.67. The van der Waals surface area contributed by atoms with Gasteiger partial charge in [0, 0.05) is 24.7 Å². The summed E-state index contributed by atoms with van der Waals surface area (Å²) in [6.45, 7) is 8.47. The van der Waals surface area contributed by atoms with Crippen molar-refractivity contribution in [2.24, 2.45) is 5.92 Å². The predicted octanol–water partition coefficient (Wildman–Crippen LogP) is 4.47. The number of hydrogen-bond acceptors (Lipinski definition) is 2. The molecule has 1 atom stereocenters. The van der Waals surface area contributed by atoms with Gasteiger partial charge in [-0.05, 0) is 44.2 Å². The SMILES string of the molecule is Cc1ccc(Cn2nc(C)c(/C=C/C(=O)N3CCCC(C)C3)c2Cl)cc1. The number of benzene rings is 1. The molecule has 0 radical (unpaired) electrons. The molecule has 1 amide bonds. The van der Waals surface area contributed by atoms with Crippen LogP contribution in [-0.2, 0) is 11.3 Å². The molecule has 0 aliphatic carbocycles. The summed E-state index contributed by atoms with van der Waals surface area (Å²) in [5.74, 6) is 0.627. The van der Waals surface area contributed by atoms with Crippen LogP contribution in [0.2, 0.25) is 5.15 Å². The third-order valence-corrected chi connectivity index (χ3v) is 5.32. The van der Waals surface area contributed by atoms with E-state index in [2.05, 4.69) is 43.2 Å². The minimum Gasteiger partial charge on any atom is -0.339 e. The van der Waals surface area contributed by atoms with Crippen molar-refractivity contribution >= 4 is 23.6 Å². The maximum Gasteiger partial charge on any atom is 0.246 e.